The van der Waals surface area contributed by atoms with Crippen LogP contribution in [0.5, 0.6) is 0 Å². The molecule has 0 bridgehead atoms. The van der Waals surface area contributed by atoms with Gasteiger partial charge in [-0.05, 0) is 0 Å². The maximum absolute atomic E-state index is 6.62. The molecule has 0 aliphatic heterocycles. The minimum absolute atomic E-state index is 0.162. The van der Waals surface area contributed by atoms with E-state index in [1.807, 2.05) is 0 Å². The Morgan fingerprint density at radius 3 is 2.33 bits per heavy atom. The van der Waals surface area contributed by atoms with Crippen molar-refractivity contribution in [3.63, 3.8) is 0 Å². The monoisotopic (exact) mass is 85.1 g/mol. The molecule has 0 fully saturated rings. The van der Waals surface area contributed by atoms with Gasteiger partial charge in [-0.25, -0.2) is 0 Å². The Labute approximate surface area is 36.2 Å². The van der Waals surface area contributed by atoms with Crippen molar-refractivity contribution in [2.75, 3.05) is 6.54 Å². The Kier molecular flexibility index (Phi) is 2.24. The molecule has 6 heavy (non-hydrogen) atoms. The second-order valence-electron chi connectivity index (χ2n) is 0.874. The maximum Gasteiger partial charge on any atom is 0.0625 e. The molecule has 3 heteroatoms. The summed E-state index contributed by atoms with van der Waals surface area (Å²) >= 11 is 0. The van der Waals surface area contributed by atoms with Crippen LogP contribution in [0, 0.1) is 10.8 Å². The van der Waals surface area contributed by atoms with E-state index in [2.05, 4.69) is 0 Å². The van der Waals surface area contributed by atoms with Crippen LogP contribution < -0.4 is 5.73 Å². The average Bonchev–Trinajstić information content (AvgIpc) is 1.65. The van der Waals surface area contributed by atoms with Gasteiger partial charge in [0.1, 0.15) is 0 Å². The van der Waals surface area contributed by atoms with Crippen molar-refractivity contribution in [3.8, 4) is 0 Å². The summed E-state index contributed by atoms with van der Waals surface area (Å²) in [5.41, 5.74) is 5.07. The molecule has 0 aliphatic rings. The van der Waals surface area contributed by atoms with Crippen LogP contribution in [-0.2, 0) is 0 Å². The molecule has 0 aliphatic carbocycles. The molecule has 0 amide bonds. The molecule has 0 aromatic heterocycles. The van der Waals surface area contributed by atoms with Gasteiger partial charge in [0.15, 0.2) is 0 Å². The molecule has 0 saturated carbocycles. The second-order valence-corrected chi connectivity index (χ2v) is 0.874. The first-order valence-electron chi connectivity index (χ1n) is 1.59. The SMILES string of the molecule is N=CC(=N)CN. The van der Waals surface area contributed by atoms with E-state index in [0.29, 0.717) is 0 Å². The summed E-state index contributed by atoms with van der Waals surface area (Å²) in [5, 5.41) is 13.0. The second kappa shape index (κ2) is 2.53. The summed E-state index contributed by atoms with van der Waals surface area (Å²) in [7, 11) is 0. The molecule has 0 aromatic rings. The molecule has 34 valence electrons. The highest BCUT2D eigenvalue weighted by molar-refractivity contribution is 6.28. The molecular weight excluding hydrogens is 78.1 g/mol. The lowest BCUT2D eigenvalue weighted by molar-refractivity contribution is 1.29. The molecular formula is C3H7N3. The fraction of sp³-hybridized carbons (Fsp3) is 0.333. The predicted octanol–water partition coefficient (Wildman–Crippen LogP) is -0.386. The Bertz CT molecular complexity index is 66.4. The van der Waals surface area contributed by atoms with Crippen LogP contribution in [0.3, 0.4) is 0 Å². The van der Waals surface area contributed by atoms with E-state index in [0.717, 1.165) is 6.21 Å². The summed E-state index contributed by atoms with van der Waals surface area (Å²) in [4.78, 5) is 0. The summed E-state index contributed by atoms with van der Waals surface area (Å²) in [6, 6.07) is 0. The third kappa shape index (κ3) is 1.60. The van der Waals surface area contributed by atoms with Crippen LogP contribution in [0.4, 0.5) is 0 Å². The highest BCUT2D eigenvalue weighted by Crippen LogP contribution is 1.52. The van der Waals surface area contributed by atoms with Crippen molar-refractivity contribution < 1.29 is 0 Å². The fourth-order valence-electron chi connectivity index (χ4n) is 0.0589. The molecule has 0 radical (unpaired) electrons. The van der Waals surface area contributed by atoms with Crippen LogP contribution in [0.1, 0.15) is 0 Å². The molecule has 0 saturated heterocycles. The van der Waals surface area contributed by atoms with Crippen molar-refractivity contribution in [2.45, 2.75) is 0 Å². The van der Waals surface area contributed by atoms with Gasteiger partial charge in [-0.3, -0.25) is 0 Å². The van der Waals surface area contributed by atoms with E-state index in [4.69, 9.17) is 16.6 Å². The number of rotatable bonds is 2. The smallest absolute Gasteiger partial charge is 0.0625 e. The molecule has 0 atom stereocenters. The van der Waals surface area contributed by atoms with Crippen molar-refractivity contribution in [1.82, 2.24) is 0 Å². The van der Waals surface area contributed by atoms with Gasteiger partial charge in [-0.2, -0.15) is 0 Å². The third-order valence-electron chi connectivity index (χ3n) is 0.394. The van der Waals surface area contributed by atoms with Gasteiger partial charge < -0.3 is 16.6 Å². The topological polar surface area (TPSA) is 73.7 Å². The summed E-state index contributed by atoms with van der Waals surface area (Å²) in [6.45, 7) is 0.170. The van der Waals surface area contributed by atoms with E-state index in [9.17, 15) is 0 Å². The van der Waals surface area contributed by atoms with Gasteiger partial charge in [0.2, 0.25) is 0 Å². The lowest BCUT2D eigenvalue weighted by Crippen LogP contribution is -2.12. The molecule has 0 unspecified atom stereocenters. The molecule has 0 aromatic carbocycles. The lowest BCUT2D eigenvalue weighted by atomic mass is 10.4. The van der Waals surface area contributed by atoms with Crippen LogP contribution in [0.2, 0.25) is 0 Å². The predicted molar refractivity (Wildman–Crippen MR) is 25.6 cm³/mol. The van der Waals surface area contributed by atoms with E-state index < -0.39 is 0 Å². The first-order valence-corrected chi connectivity index (χ1v) is 1.59. The van der Waals surface area contributed by atoms with Crippen molar-refractivity contribution >= 4 is 11.9 Å². The minimum Gasteiger partial charge on any atom is -0.325 e. The van der Waals surface area contributed by atoms with Gasteiger partial charge in [-0.1, -0.05) is 0 Å². The van der Waals surface area contributed by atoms with Crippen LogP contribution >= 0.6 is 0 Å². The first kappa shape index (κ1) is 5.30. The molecule has 0 heterocycles. The van der Waals surface area contributed by atoms with E-state index in [1.54, 1.807) is 0 Å². The van der Waals surface area contributed by atoms with Gasteiger partial charge in [-0.15, -0.1) is 0 Å². The third-order valence-corrected chi connectivity index (χ3v) is 0.394. The highest BCUT2D eigenvalue weighted by atomic mass is 14.6. The van der Waals surface area contributed by atoms with E-state index in [-0.39, 0.29) is 12.3 Å². The number of hydrogen-bond acceptors (Lipinski definition) is 3. The zero-order valence-corrected chi connectivity index (χ0v) is 3.36. The van der Waals surface area contributed by atoms with E-state index >= 15 is 0 Å². The number of hydrogen-bond donors (Lipinski definition) is 3. The van der Waals surface area contributed by atoms with Crippen LogP contribution in [-0.4, -0.2) is 18.5 Å². The van der Waals surface area contributed by atoms with Crippen LogP contribution in [0.15, 0.2) is 0 Å². The molecule has 0 spiro atoms. The molecule has 0 rings (SSSR count). The quantitative estimate of drug-likeness (QED) is 0.393. The van der Waals surface area contributed by atoms with Crippen LogP contribution in [0.25, 0.3) is 0 Å². The van der Waals surface area contributed by atoms with E-state index in [1.165, 1.54) is 0 Å². The standard InChI is InChI=1S/C3H7N3/c4-1-3(6)2-5/h1,4,6H,2,5H2. The van der Waals surface area contributed by atoms with Crippen molar-refractivity contribution in [1.29, 1.82) is 10.8 Å². The fourth-order valence-corrected chi connectivity index (χ4v) is 0.0589. The molecule has 4 N–H and O–H groups in total. The Balaban J connectivity index is 3.23. The summed E-state index contributed by atoms with van der Waals surface area (Å²) in [6.07, 6.45) is 0.931. The number of nitrogens with two attached hydrogens (primary N) is 1. The largest absolute Gasteiger partial charge is 0.325 e. The Morgan fingerprint density at radius 2 is 2.33 bits per heavy atom. The lowest BCUT2D eigenvalue weighted by Gasteiger charge is -1.80. The van der Waals surface area contributed by atoms with Gasteiger partial charge in [0.05, 0.1) is 5.71 Å². The Hall–Kier alpha value is -0.700. The van der Waals surface area contributed by atoms with Gasteiger partial charge >= 0.3 is 0 Å². The van der Waals surface area contributed by atoms with Crippen molar-refractivity contribution in [2.24, 2.45) is 5.73 Å². The zero-order chi connectivity index (χ0) is 4.99. The maximum atomic E-state index is 6.62. The summed E-state index contributed by atoms with van der Waals surface area (Å²) in [5.74, 6) is 0. The average molecular weight is 85.1 g/mol. The molecule has 3 nitrogen and oxygen atoms in total. The minimum atomic E-state index is 0.162. The number of nitrogens with one attached hydrogen (secondary N) is 2. The van der Waals surface area contributed by atoms with Crippen molar-refractivity contribution in [3.05, 3.63) is 0 Å². The van der Waals surface area contributed by atoms with Gasteiger partial charge in [0, 0.05) is 12.8 Å². The van der Waals surface area contributed by atoms with Gasteiger partial charge in [0.25, 0.3) is 0 Å². The Morgan fingerprint density at radius 1 is 1.83 bits per heavy atom. The normalized spacial score (nSPS) is 7.50. The zero-order valence-electron chi connectivity index (χ0n) is 3.36. The summed E-state index contributed by atoms with van der Waals surface area (Å²) < 4.78 is 0. The first-order chi connectivity index (χ1) is 2.81. The highest BCUT2D eigenvalue weighted by Gasteiger charge is 1.77.